The fourth-order valence-corrected chi connectivity index (χ4v) is 2.76. The number of nitrogens with zero attached hydrogens (tertiary/aromatic N) is 1. The quantitative estimate of drug-likeness (QED) is 0.242. The Hall–Kier alpha value is -0.870. The Morgan fingerprint density at radius 2 is 1.74 bits per heavy atom. The molecule has 0 atom stereocenters. The van der Waals surface area contributed by atoms with Crippen LogP contribution in [-0.4, -0.2) is 40.6 Å². The van der Waals surface area contributed by atoms with E-state index in [1.165, 1.54) is 0 Å². The molecule has 1 aromatic carbocycles. The fourth-order valence-electron chi connectivity index (χ4n) is 1.73. The van der Waals surface area contributed by atoms with Crippen LogP contribution in [0.3, 0.4) is 0 Å². The second kappa shape index (κ2) is 11.6. The maximum Gasteiger partial charge on any atom is 0.240 e. The number of sulfonamides is 1. The number of nitrogens with one attached hydrogen (secondary N) is 3. The number of guanidine groups is 1. The third-order valence-corrected chi connectivity index (χ3v) is 4.36. The maximum atomic E-state index is 12.1. The van der Waals surface area contributed by atoms with Crippen LogP contribution in [0.5, 0.6) is 0 Å². The molecule has 132 valence electrons. The van der Waals surface area contributed by atoms with Crippen molar-refractivity contribution in [3.05, 3.63) is 29.8 Å². The van der Waals surface area contributed by atoms with E-state index in [1.807, 2.05) is 13.8 Å². The molecule has 0 saturated heterocycles. The number of benzene rings is 1. The molecule has 0 unspecified atom stereocenters. The van der Waals surface area contributed by atoms with Crippen LogP contribution in [0.15, 0.2) is 34.2 Å². The fraction of sp³-hybridized carbons (Fsp3) is 0.533. The van der Waals surface area contributed by atoms with E-state index in [9.17, 15) is 8.42 Å². The highest BCUT2D eigenvalue weighted by Gasteiger charge is 2.12. The van der Waals surface area contributed by atoms with E-state index >= 15 is 0 Å². The summed E-state index contributed by atoms with van der Waals surface area (Å²) in [5, 5.41) is 6.22. The van der Waals surface area contributed by atoms with Gasteiger partial charge in [-0.05, 0) is 32.4 Å². The summed E-state index contributed by atoms with van der Waals surface area (Å²) in [6.45, 7) is 8.25. The Morgan fingerprint density at radius 1 is 1.09 bits per heavy atom. The average Bonchev–Trinajstić information content (AvgIpc) is 2.49. The standard InChI is InChI=1S/C15H26N4O2S.HI/c1-4-10-17-15(16-5-2)18-11-12-19-22(20,21)14-8-6-13(3)7-9-14;/h6-9,19H,4-5,10-12H2,1-3H3,(H2,16,17,18);1H. The molecule has 0 aliphatic carbocycles. The molecule has 0 aromatic heterocycles. The van der Waals surface area contributed by atoms with Crippen LogP contribution in [0, 0.1) is 6.92 Å². The molecule has 6 nitrogen and oxygen atoms in total. The summed E-state index contributed by atoms with van der Waals surface area (Å²) in [7, 11) is -3.45. The number of aryl methyl sites for hydroxylation is 1. The SMILES string of the molecule is CCCN=C(NCC)NCCNS(=O)(=O)c1ccc(C)cc1.I. The Kier molecular flexibility index (Phi) is 11.2. The van der Waals surface area contributed by atoms with Gasteiger partial charge in [0.15, 0.2) is 5.96 Å². The van der Waals surface area contributed by atoms with Crippen LogP contribution in [0.25, 0.3) is 0 Å². The molecule has 0 aliphatic rings. The zero-order chi connectivity index (χ0) is 16.4. The lowest BCUT2D eigenvalue weighted by Crippen LogP contribution is -2.41. The number of halogens is 1. The second-order valence-corrected chi connectivity index (χ2v) is 6.67. The predicted octanol–water partition coefficient (Wildman–Crippen LogP) is 1.86. The molecule has 0 aliphatic heterocycles. The van der Waals surface area contributed by atoms with Crippen LogP contribution in [-0.2, 0) is 10.0 Å². The van der Waals surface area contributed by atoms with Gasteiger partial charge in [-0.1, -0.05) is 24.6 Å². The van der Waals surface area contributed by atoms with E-state index in [4.69, 9.17) is 0 Å². The lowest BCUT2D eigenvalue weighted by molar-refractivity contribution is 0.580. The molecule has 0 saturated carbocycles. The average molecular weight is 454 g/mol. The minimum Gasteiger partial charge on any atom is -0.357 e. The lowest BCUT2D eigenvalue weighted by Gasteiger charge is -2.12. The van der Waals surface area contributed by atoms with Crippen molar-refractivity contribution in [3.8, 4) is 0 Å². The summed E-state index contributed by atoms with van der Waals surface area (Å²) in [5.74, 6) is 0.707. The zero-order valence-electron chi connectivity index (χ0n) is 13.9. The van der Waals surface area contributed by atoms with Gasteiger partial charge in [0.2, 0.25) is 10.0 Å². The molecule has 0 bridgehead atoms. The molecule has 1 aromatic rings. The summed E-state index contributed by atoms with van der Waals surface area (Å²) in [6, 6.07) is 6.79. The Balaban J connectivity index is 0.00000484. The van der Waals surface area contributed by atoms with Gasteiger partial charge in [-0.3, -0.25) is 4.99 Å². The number of hydrogen-bond donors (Lipinski definition) is 3. The first-order valence-electron chi connectivity index (χ1n) is 7.58. The molecule has 8 heteroatoms. The van der Waals surface area contributed by atoms with Crippen molar-refractivity contribution in [2.75, 3.05) is 26.2 Å². The lowest BCUT2D eigenvalue weighted by atomic mass is 10.2. The predicted molar refractivity (Wildman–Crippen MR) is 106 cm³/mol. The van der Waals surface area contributed by atoms with E-state index in [2.05, 4.69) is 27.3 Å². The van der Waals surface area contributed by atoms with Crippen molar-refractivity contribution in [2.45, 2.75) is 32.1 Å². The molecule has 23 heavy (non-hydrogen) atoms. The first kappa shape index (κ1) is 22.1. The van der Waals surface area contributed by atoms with E-state index in [0.29, 0.717) is 19.0 Å². The van der Waals surface area contributed by atoms with Crippen LogP contribution < -0.4 is 15.4 Å². The van der Waals surface area contributed by atoms with E-state index in [0.717, 1.165) is 25.1 Å². The summed E-state index contributed by atoms with van der Waals surface area (Å²) in [5.41, 5.74) is 1.03. The van der Waals surface area contributed by atoms with Gasteiger partial charge >= 0.3 is 0 Å². The third kappa shape index (κ3) is 8.52. The smallest absolute Gasteiger partial charge is 0.240 e. The highest BCUT2D eigenvalue weighted by molar-refractivity contribution is 14.0. The topological polar surface area (TPSA) is 82.6 Å². The molecule has 0 radical (unpaired) electrons. The number of rotatable bonds is 8. The monoisotopic (exact) mass is 454 g/mol. The number of aliphatic imine (C=N–C) groups is 1. The normalized spacial score (nSPS) is 11.7. The summed E-state index contributed by atoms with van der Waals surface area (Å²) in [6.07, 6.45) is 0.969. The van der Waals surface area contributed by atoms with E-state index < -0.39 is 10.0 Å². The Bertz CT molecular complexity index is 574. The molecule has 0 fully saturated rings. The maximum absolute atomic E-state index is 12.1. The van der Waals surface area contributed by atoms with Gasteiger partial charge in [-0.15, -0.1) is 24.0 Å². The summed E-state index contributed by atoms with van der Waals surface area (Å²) < 4.78 is 26.8. The van der Waals surface area contributed by atoms with Crippen molar-refractivity contribution in [1.82, 2.24) is 15.4 Å². The molecule has 0 heterocycles. The molecule has 1 rings (SSSR count). The highest BCUT2D eigenvalue weighted by atomic mass is 127. The van der Waals surface area contributed by atoms with E-state index in [-0.39, 0.29) is 28.9 Å². The van der Waals surface area contributed by atoms with Gasteiger partial charge in [-0.2, -0.15) is 0 Å². The van der Waals surface area contributed by atoms with Gasteiger partial charge in [0, 0.05) is 26.2 Å². The zero-order valence-corrected chi connectivity index (χ0v) is 17.1. The van der Waals surface area contributed by atoms with Crippen molar-refractivity contribution in [1.29, 1.82) is 0 Å². The Morgan fingerprint density at radius 3 is 2.30 bits per heavy atom. The first-order chi connectivity index (χ1) is 10.5. The van der Waals surface area contributed by atoms with Crippen molar-refractivity contribution in [2.24, 2.45) is 4.99 Å². The van der Waals surface area contributed by atoms with E-state index in [1.54, 1.807) is 24.3 Å². The molecule has 3 N–H and O–H groups in total. The minimum absolute atomic E-state index is 0. The van der Waals surface area contributed by atoms with Crippen molar-refractivity contribution >= 4 is 40.0 Å². The Labute approximate surface area is 156 Å². The van der Waals surface area contributed by atoms with Crippen LogP contribution in [0.1, 0.15) is 25.8 Å². The van der Waals surface area contributed by atoms with Crippen LogP contribution >= 0.6 is 24.0 Å². The second-order valence-electron chi connectivity index (χ2n) is 4.90. The first-order valence-corrected chi connectivity index (χ1v) is 9.06. The molecular formula is C15H27IN4O2S. The minimum atomic E-state index is -3.45. The largest absolute Gasteiger partial charge is 0.357 e. The van der Waals surface area contributed by atoms with Crippen molar-refractivity contribution < 1.29 is 8.42 Å². The summed E-state index contributed by atoms with van der Waals surface area (Å²) in [4.78, 5) is 4.63. The van der Waals surface area contributed by atoms with Crippen LogP contribution in [0.2, 0.25) is 0 Å². The summed E-state index contributed by atoms with van der Waals surface area (Å²) >= 11 is 0. The molecule has 0 amide bonds. The molecular weight excluding hydrogens is 427 g/mol. The van der Waals surface area contributed by atoms with Crippen molar-refractivity contribution in [3.63, 3.8) is 0 Å². The van der Waals surface area contributed by atoms with Gasteiger partial charge in [0.05, 0.1) is 4.90 Å². The molecule has 0 spiro atoms. The third-order valence-electron chi connectivity index (χ3n) is 2.88. The highest BCUT2D eigenvalue weighted by Crippen LogP contribution is 2.09. The van der Waals surface area contributed by atoms with Gasteiger partial charge in [-0.25, -0.2) is 13.1 Å². The number of hydrogen-bond acceptors (Lipinski definition) is 3. The van der Waals surface area contributed by atoms with Gasteiger partial charge in [0.1, 0.15) is 0 Å². The van der Waals surface area contributed by atoms with Crippen LogP contribution in [0.4, 0.5) is 0 Å². The van der Waals surface area contributed by atoms with Gasteiger partial charge < -0.3 is 10.6 Å². The van der Waals surface area contributed by atoms with Gasteiger partial charge in [0.25, 0.3) is 0 Å².